The van der Waals surface area contributed by atoms with Crippen molar-refractivity contribution < 1.29 is 0 Å². The van der Waals surface area contributed by atoms with Gasteiger partial charge in [-0.2, -0.15) is 0 Å². The molecule has 0 aliphatic heterocycles. The lowest BCUT2D eigenvalue weighted by atomic mass is 10.2. The van der Waals surface area contributed by atoms with Gasteiger partial charge < -0.3 is 4.98 Å². The van der Waals surface area contributed by atoms with E-state index in [-0.39, 0.29) is 0 Å². The van der Waals surface area contributed by atoms with E-state index >= 15 is 0 Å². The zero-order valence-corrected chi connectivity index (χ0v) is 7.39. The first-order chi connectivity index (χ1) is 5.79. The maximum absolute atomic E-state index is 4.46. The molecule has 0 fully saturated rings. The van der Waals surface area contributed by atoms with Crippen molar-refractivity contribution in [2.75, 3.05) is 0 Å². The van der Waals surface area contributed by atoms with E-state index < -0.39 is 0 Å². The van der Waals surface area contributed by atoms with E-state index in [0.717, 1.165) is 17.8 Å². The van der Waals surface area contributed by atoms with E-state index in [9.17, 15) is 0 Å². The zero-order valence-electron chi connectivity index (χ0n) is 7.39. The summed E-state index contributed by atoms with van der Waals surface area (Å²) in [6, 6.07) is 6.31. The third kappa shape index (κ3) is 1.09. The normalized spacial score (nSPS) is 10.8. The standard InChI is InChI=1S/C10H12N2/c1-3-9-5-4-8-6-7(2)11-10(8)12-9/h4-6H,3H2,1-2H3,(H,11,12). The number of fused-ring (bicyclic) bond motifs is 1. The van der Waals surface area contributed by atoms with Crippen molar-refractivity contribution in [2.45, 2.75) is 20.3 Å². The van der Waals surface area contributed by atoms with Gasteiger partial charge in [0.25, 0.3) is 0 Å². The van der Waals surface area contributed by atoms with Crippen LogP contribution < -0.4 is 0 Å². The van der Waals surface area contributed by atoms with E-state index in [1.165, 1.54) is 11.1 Å². The first kappa shape index (κ1) is 7.35. The summed E-state index contributed by atoms with van der Waals surface area (Å²) in [6.45, 7) is 4.16. The fraction of sp³-hybridized carbons (Fsp3) is 0.300. The molecule has 2 nitrogen and oxygen atoms in total. The Bertz CT molecular complexity index is 401. The Labute approximate surface area is 71.6 Å². The van der Waals surface area contributed by atoms with Crippen molar-refractivity contribution in [3.05, 3.63) is 29.6 Å². The summed E-state index contributed by atoms with van der Waals surface area (Å²) in [5, 5.41) is 1.20. The quantitative estimate of drug-likeness (QED) is 0.682. The van der Waals surface area contributed by atoms with Gasteiger partial charge in [-0.15, -0.1) is 0 Å². The number of nitrogens with one attached hydrogen (secondary N) is 1. The molecule has 0 aromatic carbocycles. The van der Waals surface area contributed by atoms with Crippen LogP contribution in [-0.4, -0.2) is 9.97 Å². The van der Waals surface area contributed by atoms with Crippen molar-refractivity contribution in [3.63, 3.8) is 0 Å². The molecule has 1 N–H and O–H groups in total. The Kier molecular flexibility index (Phi) is 1.61. The summed E-state index contributed by atoms with van der Waals surface area (Å²) in [7, 11) is 0. The van der Waals surface area contributed by atoms with Crippen molar-refractivity contribution in [1.29, 1.82) is 0 Å². The van der Waals surface area contributed by atoms with Crippen LogP contribution in [0.25, 0.3) is 11.0 Å². The van der Waals surface area contributed by atoms with Crippen LogP contribution in [-0.2, 0) is 6.42 Å². The number of H-pyrrole nitrogens is 1. The van der Waals surface area contributed by atoms with Crippen LogP contribution >= 0.6 is 0 Å². The lowest BCUT2D eigenvalue weighted by Gasteiger charge is -1.93. The Hall–Kier alpha value is -1.31. The monoisotopic (exact) mass is 160 g/mol. The van der Waals surface area contributed by atoms with E-state index in [0.29, 0.717) is 0 Å². The lowest BCUT2D eigenvalue weighted by molar-refractivity contribution is 1.05. The molecule has 2 heterocycles. The van der Waals surface area contributed by atoms with Gasteiger partial charge in [0.05, 0.1) is 0 Å². The number of hydrogen-bond acceptors (Lipinski definition) is 1. The van der Waals surface area contributed by atoms with Gasteiger partial charge >= 0.3 is 0 Å². The smallest absolute Gasteiger partial charge is 0.137 e. The molecule has 0 saturated heterocycles. The molecule has 12 heavy (non-hydrogen) atoms. The Morgan fingerprint density at radius 2 is 2.25 bits per heavy atom. The topological polar surface area (TPSA) is 28.7 Å². The summed E-state index contributed by atoms with van der Waals surface area (Å²) in [5.74, 6) is 0. The van der Waals surface area contributed by atoms with Gasteiger partial charge in [-0.1, -0.05) is 6.92 Å². The van der Waals surface area contributed by atoms with E-state index in [4.69, 9.17) is 0 Å². The summed E-state index contributed by atoms with van der Waals surface area (Å²) in [5.41, 5.74) is 3.32. The Morgan fingerprint density at radius 3 is 3.00 bits per heavy atom. The van der Waals surface area contributed by atoms with Gasteiger partial charge in [0, 0.05) is 16.8 Å². The molecular weight excluding hydrogens is 148 g/mol. The molecule has 2 aromatic rings. The molecule has 0 radical (unpaired) electrons. The molecular formula is C10H12N2. The van der Waals surface area contributed by atoms with Crippen LogP contribution in [0.1, 0.15) is 18.3 Å². The largest absolute Gasteiger partial charge is 0.344 e. The minimum absolute atomic E-state index is 0.994. The van der Waals surface area contributed by atoms with Crippen molar-refractivity contribution in [3.8, 4) is 0 Å². The van der Waals surface area contributed by atoms with Crippen LogP contribution in [0.2, 0.25) is 0 Å². The molecule has 0 unspecified atom stereocenters. The SMILES string of the molecule is CCc1ccc2cc(C)[nH]c2n1. The predicted octanol–water partition coefficient (Wildman–Crippen LogP) is 2.43. The third-order valence-electron chi connectivity index (χ3n) is 2.03. The minimum atomic E-state index is 0.994. The second-order valence-corrected chi connectivity index (χ2v) is 3.05. The van der Waals surface area contributed by atoms with Gasteiger partial charge in [0.15, 0.2) is 0 Å². The van der Waals surface area contributed by atoms with Crippen LogP contribution in [0.3, 0.4) is 0 Å². The number of aromatic amines is 1. The Balaban J connectivity index is 2.66. The van der Waals surface area contributed by atoms with Gasteiger partial charge in [-0.25, -0.2) is 4.98 Å². The molecule has 2 rings (SSSR count). The van der Waals surface area contributed by atoms with Crippen molar-refractivity contribution in [2.24, 2.45) is 0 Å². The van der Waals surface area contributed by atoms with Crippen LogP contribution in [0.4, 0.5) is 0 Å². The number of rotatable bonds is 1. The third-order valence-corrected chi connectivity index (χ3v) is 2.03. The molecule has 2 aromatic heterocycles. The number of hydrogen-bond donors (Lipinski definition) is 1. The molecule has 0 aliphatic carbocycles. The highest BCUT2D eigenvalue weighted by molar-refractivity contribution is 5.76. The number of aryl methyl sites for hydroxylation is 2. The summed E-state index contributed by atoms with van der Waals surface area (Å²) in [6.07, 6.45) is 0.994. The molecule has 0 aliphatic rings. The van der Waals surface area contributed by atoms with Gasteiger partial charge in [-0.3, -0.25) is 0 Å². The summed E-state index contributed by atoms with van der Waals surface area (Å²) >= 11 is 0. The number of aromatic nitrogens is 2. The summed E-state index contributed by atoms with van der Waals surface area (Å²) < 4.78 is 0. The second-order valence-electron chi connectivity index (χ2n) is 3.05. The molecule has 0 spiro atoms. The van der Waals surface area contributed by atoms with Crippen LogP contribution in [0, 0.1) is 6.92 Å². The van der Waals surface area contributed by atoms with Gasteiger partial charge in [0.2, 0.25) is 0 Å². The van der Waals surface area contributed by atoms with Gasteiger partial charge in [0.1, 0.15) is 5.65 Å². The van der Waals surface area contributed by atoms with Crippen LogP contribution in [0.5, 0.6) is 0 Å². The van der Waals surface area contributed by atoms with Crippen molar-refractivity contribution >= 4 is 11.0 Å². The minimum Gasteiger partial charge on any atom is -0.344 e. The molecule has 0 saturated carbocycles. The number of nitrogens with zero attached hydrogens (tertiary/aromatic N) is 1. The first-order valence-corrected chi connectivity index (χ1v) is 4.25. The predicted molar refractivity (Wildman–Crippen MR) is 50.2 cm³/mol. The molecule has 2 heteroatoms. The van der Waals surface area contributed by atoms with E-state index in [2.05, 4.69) is 35.1 Å². The maximum Gasteiger partial charge on any atom is 0.137 e. The highest BCUT2D eigenvalue weighted by Crippen LogP contribution is 2.13. The Morgan fingerprint density at radius 1 is 1.42 bits per heavy atom. The maximum atomic E-state index is 4.46. The fourth-order valence-electron chi connectivity index (χ4n) is 1.38. The zero-order chi connectivity index (χ0) is 8.55. The highest BCUT2D eigenvalue weighted by atomic mass is 14.9. The summed E-state index contributed by atoms with van der Waals surface area (Å²) in [4.78, 5) is 7.68. The van der Waals surface area contributed by atoms with Crippen LogP contribution in [0.15, 0.2) is 18.2 Å². The molecule has 62 valence electrons. The second kappa shape index (κ2) is 2.63. The average Bonchev–Trinajstić information content (AvgIpc) is 2.43. The van der Waals surface area contributed by atoms with Crippen molar-refractivity contribution in [1.82, 2.24) is 9.97 Å². The van der Waals surface area contributed by atoms with E-state index in [1.54, 1.807) is 0 Å². The van der Waals surface area contributed by atoms with E-state index in [1.807, 2.05) is 6.92 Å². The average molecular weight is 160 g/mol. The molecule has 0 amide bonds. The fourth-order valence-corrected chi connectivity index (χ4v) is 1.38. The number of pyridine rings is 1. The van der Waals surface area contributed by atoms with Gasteiger partial charge in [-0.05, 0) is 31.5 Å². The molecule has 0 bridgehead atoms. The lowest BCUT2D eigenvalue weighted by Crippen LogP contribution is -1.85. The first-order valence-electron chi connectivity index (χ1n) is 4.25. The highest BCUT2D eigenvalue weighted by Gasteiger charge is 1.98. The molecule has 0 atom stereocenters.